The van der Waals surface area contributed by atoms with Crippen LogP contribution in [0.1, 0.15) is 23.1 Å². The maximum absolute atomic E-state index is 13.0. The molecule has 0 spiro atoms. The molecular weight excluding hydrogens is 426 g/mol. The smallest absolute Gasteiger partial charge is 0.311 e. The van der Waals surface area contributed by atoms with Gasteiger partial charge in [-0.3, -0.25) is 9.10 Å². The number of methoxy groups -OCH3 is 1. The zero-order valence-electron chi connectivity index (χ0n) is 18.7. The molecule has 3 rings (SSSR count). The number of hydrogen-bond donors (Lipinski definition) is 0. The van der Waals surface area contributed by atoms with Crippen LogP contribution in [-0.2, 0) is 21.2 Å². The number of carbonyl (C=O) groups excluding carboxylic acids is 1. The summed E-state index contributed by atoms with van der Waals surface area (Å²) in [5, 5.41) is 0. The fourth-order valence-corrected chi connectivity index (χ4v) is 4.51. The Morgan fingerprint density at radius 2 is 1.62 bits per heavy atom. The van der Waals surface area contributed by atoms with E-state index in [0.29, 0.717) is 17.9 Å². The molecule has 0 atom stereocenters. The van der Waals surface area contributed by atoms with Crippen LogP contribution in [0, 0.1) is 13.8 Å². The van der Waals surface area contributed by atoms with E-state index in [9.17, 15) is 13.2 Å². The minimum Gasteiger partial charge on any atom is -0.496 e. The molecule has 0 aromatic heterocycles. The standard InChI is InChI=1S/C25H27NO5S/c1-18-9-15-23(17-19(18)2)32(28,29)26(3)21-11-13-22(14-12-21)31-25(27)16-10-20-7-5-6-8-24(20)30-4/h5-9,11-15,17H,10,16H2,1-4H3. The number of nitrogens with zero attached hydrogens (tertiary/aromatic N) is 1. The fraction of sp³-hybridized carbons (Fsp3) is 0.240. The first-order chi connectivity index (χ1) is 15.2. The Balaban J connectivity index is 1.65. The third-order valence-corrected chi connectivity index (χ3v) is 7.14. The second kappa shape index (κ2) is 9.87. The first-order valence-electron chi connectivity index (χ1n) is 10.2. The lowest BCUT2D eigenvalue weighted by molar-refractivity contribution is -0.134. The van der Waals surface area contributed by atoms with Crippen molar-refractivity contribution in [3.05, 3.63) is 83.4 Å². The van der Waals surface area contributed by atoms with Gasteiger partial charge in [0.15, 0.2) is 0 Å². The van der Waals surface area contributed by atoms with Crippen molar-refractivity contribution in [3.8, 4) is 11.5 Å². The quantitative estimate of drug-likeness (QED) is 0.366. The number of esters is 1. The lowest BCUT2D eigenvalue weighted by atomic mass is 10.1. The summed E-state index contributed by atoms with van der Waals surface area (Å²) in [5.41, 5.74) is 3.34. The third-order valence-electron chi connectivity index (χ3n) is 5.36. The molecular formula is C25H27NO5S. The van der Waals surface area contributed by atoms with Gasteiger partial charge in [-0.1, -0.05) is 24.3 Å². The summed E-state index contributed by atoms with van der Waals surface area (Å²) in [7, 11) is -0.607. The van der Waals surface area contributed by atoms with Gasteiger partial charge in [-0.2, -0.15) is 0 Å². The lowest BCUT2D eigenvalue weighted by Crippen LogP contribution is -2.26. The Hall–Kier alpha value is -3.32. The van der Waals surface area contributed by atoms with E-state index in [1.54, 1.807) is 49.6 Å². The highest BCUT2D eigenvalue weighted by atomic mass is 32.2. The first-order valence-corrected chi connectivity index (χ1v) is 11.6. The summed E-state index contributed by atoms with van der Waals surface area (Å²) in [6.07, 6.45) is 0.695. The molecule has 3 aromatic rings. The normalized spacial score (nSPS) is 11.1. The maximum atomic E-state index is 13.0. The maximum Gasteiger partial charge on any atom is 0.311 e. The van der Waals surface area contributed by atoms with Crippen LogP contribution in [0.5, 0.6) is 11.5 Å². The number of carbonyl (C=O) groups is 1. The molecule has 3 aromatic carbocycles. The van der Waals surface area contributed by atoms with Gasteiger partial charge in [0, 0.05) is 7.05 Å². The molecule has 0 saturated carbocycles. The summed E-state index contributed by atoms with van der Waals surface area (Å²) in [4.78, 5) is 12.5. The minimum absolute atomic E-state index is 0.198. The zero-order valence-corrected chi connectivity index (χ0v) is 19.5. The molecule has 6 nitrogen and oxygen atoms in total. The highest BCUT2D eigenvalue weighted by Crippen LogP contribution is 2.26. The molecule has 0 aliphatic heterocycles. The third kappa shape index (κ3) is 5.29. The van der Waals surface area contributed by atoms with Crippen molar-refractivity contribution in [2.75, 3.05) is 18.5 Å². The fourth-order valence-electron chi connectivity index (χ4n) is 3.22. The molecule has 0 unspecified atom stereocenters. The van der Waals surface area contributed by atoms with Crippen LogP contribution in [0.15, 0.2) is 71.6 Å². The van der Waals surface area contributed by atoms with E-state index in [4.69, 9.17) is 9.47 Å². The highest BCUT2D eigenvalue weighted by Gasteiger charge is 2.22. The number of aryl methyl sites for hydroxylation is 3. The highest BCUT2D eigenvalue weighted by molar-refractivity contribution is 7.92. The minimum atomic E-state index is -3.70. The van der Waals surface area contributed by atoms with E-state index in [-0.39, 0.29) is 17.3 Å². The van der Waals surface area contributed by atoms with E-state index < -0.39 is 10.0 Å². The average molecular weight is 454 g/mol. The molecule has 0 radical (unpaired) electrons. The van der Waals surface area contributed by atoms with E-state index in [1.807, 2.05) is 38.1 Å². The zero-order chi connectivity index (χ0) is 23.3. The van der Waals surface area contributed by atoms with E-state index in [2.05, 4.69) is 0 Å². The average Bonchev–Trinajstić information content (AvgIpc) is 2.79. The second-order valence-electron chi connectivity index (χ2n) is 7.50. The van der Waals surface area contributed by atoms with Crippen molar-refractivity contribution in [2.24, 2.45) is 0 Å². The SMILES string of the molecule is COc1ccccc1CCC(=O)Oc1ccc(N(C)S(=O)(=O)c2ccc(C)c(C)c2)cc1. The molecule has 0 amide bonds. The number of para-hydroxylation sites is 1. The predicted molar refractivity (Wildman–Crippen MR) is 125 cm³/mol. The molecule has 168 valence electrons. The van der Waals surface area contributed by atoms with Crippen LogP contribution in [0.25, 0.3) is 0 Å². The topological polar surface area (TPSA) is 72.9 Å². The number of benzene rings is 3. The molecule has 0 bridgehead atoms. The number of ether oxygens (including phenoxy) is 2. The molecule has 0 N–H and O–H groups in total. The van der Waals surface area contributed by atoms with Gasteiger partial charge in [-0.25, -0.2) is 8.42 Å². The molecule has 0 saturated heterocycles. The summed E-state index contributed by atoms with van der Waals surface area (Å²) in [5.74, 6) is 0.716. The Bertz CT molecular complexity index is 1200. The van der Waals surface area contributed by atoms with Crippen LogP contribution < -0.4 is 13.8 Å². The van der Waals surface area contributed by atoms with Crippen molar-refractivity contribution < 1.29 is 22.7 Å². The molecule has 0 fully saturated rings. The number of sulfonamides is 1. The molecule has 7 heteroatoms. The van der Waals surface area contributed by atoms with Crippen molar-refractivity contribution in [1.82, 2.24) is 0 Å². The van der Waals surface area contributed by atoms with Gasteiger partial charge in [0.05, 0.1) is 24.1 Å². The van der Waals surface area contributed by atoms with Crippen molar-refractivity contribution in [2.45, 2.75) is 31.6 Å². The number of anilines is 1. The van der Waals surface area contributed by atoms with Crippen LogP contribution in [0.2, 0.25) is 0 Å². The van der Waals surface area contributed by atoms with Crippen molar-refractivity contribution in [1.29, 1.82) is 0 Å². The van der Waals surface area contributed by atoms with Crippen LogP contribution in [0.4, 0.5) is 5.69 Å². The van der Waals surface area contributed by atoms with Crippen molar-refractivity contribution >= 4 is 21.7 Å². The van der Waals surface area contributed by atoms with E-state index in [0.717, 1.165) is 22.4 Å². The van der Waals surface area contributed by atoms with Gasteiger partial charge in [0.2, 0.25) is 0 Å². The lowest BCUT2D eigenvalue weighted by Gasteiger charge is -2.20. The van der Waals surface area contributed by atoms with Crippen molar-refractivity contribution in [3.63, 3.8) is 0 Å². The van der Waals surface area contributed by atoms with Gasteiger partial charge in [-0.15, -0.1) is 0 Å². The van der Waals surface area contributed by atoms with Crippen LogP contribution >= 0.6 is 0 Å². The number of hydrogen-bond acceptors (Lipinski definition) is 5. The van der Waals surface area contributed by atoms with Gasteiger partial charge in [-0.05, 0) is 79.4 Å². The first kappa shape index (κ1) is 23.3. The van der Waals surface area contributed by atoms with Crippen LogP contribution in [-0.4, -0.2) is 28.5 Å². The van der Waals surface area contributed by atoms with Gasteiger partial charge < -0.3 is 9.47 Å². The largest absolute Gasteiger partial charge is 0.496 e. The Labute approximate surface area is 189 Å². The van der Waals surface area contributed by atoms with Gasteiger partial charge in [0.1, 0.15) is 11.5 Å². The summed E-state index contributed by atoms with van der Waals surface area (Å²) in [6.45, 7) is 3.82. The second-order valence-corrected chi connectivity index (χ2v) is 9.47. The van der Waals surface area contributed by atoms with E-state index in [1.165, 1.54) is 11.4 Å². The summed E-state index contributed by atoms with van der Waals surface area (Å²) < 4.78 is 37.8. The predicted octanol–water partition coefficient (Wildman–Crippen LogP) is 4.68. The molecule has 0 aliphatic rings. The Kier molecular flexibility index (Phi) is 7.20. The molecule has 32 heavy (non-hydrogen) atoms. The Morgan fingerprint density at radius 1 is 0.938 bits per heavy atom. The Morgan fingerprint density at radius 3 is 2.28 bits per heavy atom. The number of rotatable bonds is 8. The van der Waals surface area contributed by atoms with Crippen LogP contribution in [0.3, 0.4) is 0 Å². The molecule has 0 aliphatic carbocycles. The van der Waals surface area contributed by atoms with Gasteiger partial charge >= 0.3 is 5.97 Å². The summed E-state index contributed by atoms with van der Waals surface area (Å²) in [6, 6.07) is 19.0. The monoisotopic (exact) mass is 453 g/mol. The summed E-state index contributed by atoms with van der Waals surface area (Å²) >= 11 is 0. The van der Waals surface area contributed by atoms with E-state index >= 15 is 0 Å². The molecule has 0 heterocycles. The van der Waals surface area contributed by atoms with Gasteiger partial charge in [0.25, 0.3) is 10.0 Å².